The predicted molar refractivity (Wildman–Crippen MR) is 76.9 cm³/mol. The first-order valence-corrected chi connectivity index (χ1v) is 6.07. The van der Waals surface area contributed by atoms with Crippen LogP contribution in [0.1, 0.15) is 27.0 Å². The molecule has 0 aliphatic heterocycles. The van der Waals surface area contributed by atoms with E-state index in [0.29, 0.717) is 5.56 Å². The van der Waals surface area contributed by atoms with Gasteiger partial charge in [-0.25, -0.2) is 0 Å². The second kappa shape index (κ2) is 5.65. The van der Waals surface area contributed by atoms with Gasteiger partial charge in [0.1, 0.15) is 6.29 Å². The lowest BCUT2D eigenvalue weighted by Crippen LogP contribution is -1.82. The zero-order valence-corrected chi connectivity index (χ0v) is 10.8. The van der Waals surface area contributed by atoms with Crippen LogP contribution in [0, 0.1) is 6.92 Å². The van der Waals surface area contributed by atoms with E-state index in [4.69, 9.17) is 11.6 Å². The van der Waals surface area contributed by atoms with Crippen LogP contribution in [0.2, 0.25) is 5.02 Å². The van der Waals surface area contributed by atoms with Crippen molar-refractivity contribution in [2.45, 2.75) is 6.92 Å². The van der Waals surface area contributed by atoms with Crippen molar-refractivity contribution in [1.29, 1.82) is 0 Å². The summed E-state index contributed by atoms with van der Waals surface area (Å²) in [6.07, 6.45) is 4.78. The number of hydrogen-bond acceptors (Lipinski definition) is 1. The van der Waals surface area contributed by atoms with E-state index in [9.17, 15) is 4.79 Å². The Kier molecular flexibility index (Phi) is 3.96. The van der Waals surface area contributed by atoms with Crippen molar-refractivity contribution in [3.05, 3.63) is 69.7 Å². The van der Waals surface area contributed by atoms with Crippen molar-refractivity contribution in [2.24, 2.45) is 0 Å². The molecule has 0 bridgehead atoms. The van der Waals surface area contributed by atoms with E-state index in [2.05, 4.69) is 0 Å². The van der Waals surface area contributed by atoms with Gasteiger partial charge in [0.15, 0.2) is 0 Å². The molecule has 0 N–H and O–H groups in total. The number of halogens is 1. The van der Waals surface area contributed by atoms with Crippen LogP contribution in [-0.2, 0) is 0 Å². The molecule has 0 aliphatic rings. The molecular formula is C16H13ClO. The lowest BCUT2D eigenvalue weighted by atomic mass is 10.1. The predicted octanol–water partition coefficient (Wildman–Crippen LogP) is 4.63. The lowest BCUT2D eigenvalue weighted by Gasteiger charge is -2.02. The lowest BCUT2D eigenvalue weighted by molar-refractivity contribution is 0.112. The van der Waals surface area contributed by atoms with Crippen molar-refractivity contribution in [2.75, 3.05) is 0 Å². The molecule has 0 aliphatic carbocycles. The van der Waals surface area contributed by atoms with Crippen LogP contribution in [-0.4, -0.2) is 6.29 Å². The zero-order chi connectivity index (χ0) is 13.0. The normalized spacial score (nSPS) is 10.8. The Morgan fingerprint density at radius 1 is 1.00 bits per heavy atom. The Labute approximate surface area is 112 Å². The zero-order valence-electron chi connectivity index (χ0n) is 10.1. The molecule has 18 heavy (non-hydrogen) atoms. The first kappa shape index (κ1) is 12.6. The Bertz CT molecular complexity index is 580. The van der Waals surface area contributed by atoms with E-state index in [0.717, 1.165) is 28.0 Å². The highest BCUT2D eigenvalue weighted by Crippen LogP contribution is 2.22. The maximum atomic E-state index is 10.7. The molecule has 90 valence electrons. The molecule has 0 unspecified atom stereocenters. The summed E-state index contributed by atoms with van der Waals surface area (Å²) in [6.45, 7) is 2.02. The standard InChI is InChI=1S/C16H13ClO/c1-12-4-2-7-16(17)15(12)9-8-13-5-3-6-14(10-13)11-18/h2-11H,1H3. The summed E-state index contributed by atoms with van der Waals surface area (Å²) in [5.41, 5.74) is 3.80. The quantitative estimate of drug-likeness (QED) is 0.578. The van der Waals surface area contributed by atoms with E-state index in [1.54, 1.807) is 6.07 Å². The van der Waals surface area contributed by atoms with Gasteiger partial charge in [0.05, 0.1) is 0 Å². The van der Waals surface area contributed by atoms with Gasteiger partial charge < -0.3 is 0 Å². The van der Waals surface area contributed by atoms with Gasteiger partial charge in [0, 0.05) is 10.6 Å². The van der Waals surface area contributed by atoms with Crippen molar-refractivity contribution in [3.63, 3.8) is 0 Å². The van der Waals surface area contributed by atoms with Crippen LogP contribution in [0.3, 0.4) is 0 Å². The molecule has 2 aromatic rings. The van der Waals surface area contributed by atoms with Crippen molar-refractivity contribution in [1.82, 2.24) is 0 Å². The Hall–Kier alpha value is -1.86. The Balaban J connectivity index is 2.32. The molecular weight excluding hydrogens is 244 g/mol. The summed E-state index contributed by atoms with van der Waals surface area (Å²) in [7, 11) is 0. The van der Waals surface area contributed by atoms with Crippen LogP contribution in [0.15, 0.2) is 42.5 Å². The monoisotopic (exact) mass is 256 g/mol. The van der Waals surface area contributed by atoms with Gasteiger partial charge in [0.25, 0.3) is 0 Å². The number of hydrogen-bond donors (Lipinski definition) is 0. The fourth-order valence-electron chi connectivity index (χ4n) is 1.77. The Morgan fingerprint density at radius 3 is 2.44 bits per heavy atom. The van der Waals surface area contributed by atoms with Crippen LogP contribution in [0.5, 0.6) is 0 Å². The van der Waals surface area contributed by atoms with Gasteiger partial charge in [-0.3, -0.25) is 4.79 Å². The number of carbonyl (C=O) groups excluding carboxylic acids is 1. The minimum absolute atomic E-state index is 0.674. The number of rotatable bonds is 3. The van der Waals surface area contributed by atoms with E-state index < -0.39 is 0 Å². The number of aldehydes is 1. The number of aryl methyl sites for hydroxylation is 1. The van der Waals surface area contributed by atoms with Crippen LogP contribution in [0.25, 0.3) is 12.2 Å². The van der Waals surface area contributed by atoms with Gasteiger partial charge in [0.2, 0.25) is 0 Å². The van der Waals surface area contributed by atoms with E-state index >= 15 is 0 Å². The maximum Gasteiger partial charge on any atom is 0.150 e. The smallest absolute Gasteiger partial charge is 0.150 e. The van der Waals surface area contributed by atoms with Gasteiger partial charge in [-0.2, -0.15) is 0 Å². The third kappa shape index (κ3) is 2.88. The van der Waals surface area contributed by atoms with Gasteiger partial charge in [-0.05, 0) is 35.7 Å². The largest absolute Gasteiger partial charge is 0.298 e. The molecule has 0 heterocycles. The maximum absolute atomic E-state index is 10.7. The summed E-state index contributed by atoms with van der Waals surface area (Å²) >= 11 is 6.15. The minimum atomic E-state index is 0.674. The highest BCUT2D eigenvalue weighted by molar-refractivity contribution is 6.32. The highest BCUT2D eigenvalue weighted by Gasteiger charge is 1.99. The molecule has 0 spiro atoms. The summed E-state index contributed by atoms with van der Waals surface area (Å²) in [5, 5.41) is 0.734. The first-order chi connectivity index (χ1) is 8.70. The average molecular weight is 257 g/mol. The van der Waals surface area contributed by atoms with Gasteiger partial charge in [-0.15, -0.1) is 0 Å². The van der Waals surface area contributed by atoms with E-state index in [1.807, 2.05) is 55.5 Å². The third-order valence-electron chi connectivity index (χ3n) is 2.76. The van der Waals surface area contributed by atoms with Crippen LogP contribution in [0.4, 0.5) is 0 Å². The molecule has 0 radical (unpaired) electrons. The first-order valence-electron chi connectivity index (χ1n) is 5.69. The Morgan fingerprint density at radius 2 is 1.72 bits per heavy atom. The fourth-order valence-corrected chi connectivity index (χ4v) is 2.06. The van der Waals surface area contributed by atoms with Crippen molar-refractivity contribution < 1.29 is 4.79 Å². The molecule has 2 aromatic carbocycles. The minimum Gasteiger partial charge on any atom is -0.298 e. The molecule has 2 rings (SSSR count). The topological polar surface area (TPSA) is 17.1 Å². The number of benzene rings is 2. The highest BCUT2D eigenvalue weighted by atomic mass is 35.5. The third-order valence-corrected chi connectivity index (χ3v) is 3.09. The second-order valence-electron chi connectivity index (χ2n) is 4.09. The summed E-state index contributed by atoms with van der Waals surface area (Å²) in [5.74, 6) is 0. The van der Waals surface area contributed by atoms with E-state index in [1.165, 1.54) is 0 Å². The summed E-state index contributed by atoms with van der Waals surface area (Å²) < 4.78 is 0. The SMILES string of the molecule is Cc1cccc(Cl)c1C=Cc1cccc(C=O)c1. The van der Waals surface area contributed by atoms with Crippen molar-refractivity contribution in [3.8, 4) is 0 Å². The molecule has 0 saturated heterocycles. The number of carbonyl (C=O) groups is 1. The summed E-state index contributed by atoms with van der Waals surface area (Å²) in [6, 6.07) is 13.3. The molecule has 0 amide bonds. The van der Waals surface area contributed by atoms with Gasteiger partial charge in [-0.1, -0.05) is 54.1 Å². The molecule has 1 nitrogen and oxygen atoms in total. The fraction of sp³-hybridized carbons (Fsp3) is 0.0625. The molecule has 0 fully saturated rings. The second-order valence-corrected chi connectivity index (χ2v) is 4.50. The van der Waals surface area contributed by atoms with Gasteiger partial charge >= 0.3 is 0 Å². The van der Waals surface area contributed by atoms with Crippen LogP contribution >= 0.6 is 11.6 Å². The molecule has 0 saturated carbocycles. The van der Waals surface area contributed by atoms with E-state index in [-0.39, 0.29) is 0 Å². The van der Waals surface area contributed by atoms with Crippen molar-refractivity contribution >= 4 is 30.0 Å². The average Bonchev–Trinajstić information content (AvgIpc) is 2.38. The summed E-state index contributed by atoms with van der Waals surface area (Å²) in [4.78, 5) is 10.7. The molecule has 0 atom stereocenters. The molecule has 2 heteroatoms. The molecule has 0 aromatic heterocycles. The van der Waals surface area contributed by atoms with Crippen LogP contribution < -0.4 is 0 Å².